The first-order chi connectivity index (χ1) is 13.8. The number of pyridine rings is 1. The molecule has 3 aromatic rings. The van der Waals surface area contributed by atoms with Crippen LogP contribution in [0.1, 0.15) is 54.1 Å². The summed E-state index contributed by atoms with van der Waals surface area (Å²) in [6, 6.07) is 12.5. The molecule has 2 aromatic carbocycles. The van der Waals surface area contributed by atoms with Crippen molar-refractivity contribution in [1.29, 1.82) is 0 Å². The molecule has 0 bridgehead atoms. The number of rotatable bonds is 1. The molecule has 1 aromatic heterocycles. The summed E-state index contributed by atoms with van der Waals surface area (Å²) in [7, 11) is 0. The van der Waals surface area contributed by atoms with Crippen LogP contribution in [0.4, 0.5) is 0 Å². The van der Waals surface area contributed by atoms with Gasteiger partial charge in [-0.3, -0.25) is 14.4 Å². The van der Waals surface area contributed by atoms with E-state index in [0.717, 1.165) is 10.9 Å². The Morgan fingerprint density at radius 1 is 1.07 bits per heavy atom. The third kappa shape index (κ3) is 2.83. The number of aromatic nitrogens is 1. The van der Waals surface area contributed by atoms with E-state index >= 15 is 0 Å². The molecule has 1 N–H and O–H groups in total. The van der Waals surface area contributed by atoms with Gasteiger partial charge in [0, 0.05) is 22.6 Å². The lowest BCUT2D eigenvalue weighted by Crippen LogP contribution is -2.37. The summed E-state index contributed by atoms with van der Waals surface area (Å²) in [4.78, 5) is 40.8. The predicted octanol–water partition coefficient (Wildman–Crippen LogP) is 3.71. The molecule has 5 rings (SSSR count). The first kappa shape index (κ1) is 17.7. The fourth-order valence-electron chi connectivity index (χ4n) is 4.25. The van der Waals surface area contributed by atoms with E-state index in [2.05, 4.69) is 4.98 Å². The number of aromatic amines is 1. The highest BCUT2D eigenvalue weighted by molar-refractivity contribution is 6.01. The number of nitrogens with one attached hydrogen (secondary N) is 1. The van der Waals surface area contributed by atoms with Gasteiger partial charge >= 0.3 is 5.97 Å². The molecule has 0 saturated heterocycles. The van der Waals surface area contributed by atoms with E-state index in [1.807, 2.05) is 38.1 Å². The lowest BCUT2D eigenvalue weighted by atomic mass is 9.82. The van der Waals surface area contributed by atoms with Crippen molar-refractivity contribution < 1.29 is 19.1 Å². The SMILES string of the molecule is CC1(C)CC(=O)c2ccc3c(c2O1)[C@@H](c1cc2ccccc2[nH]c1=O)CC(=O)O3. The maximum Gasteiger partial charge on any atom is 0.312 e. The minimum atomic E-state index is -0.680. The second-order valence-electron chi connectivity index (χ2n) is 8.19. The van der Waals surface area contributed by atoms with Crippen molar-refractivity contribution >= 4 is 22.7 Å². The zero-order chi connectivity index (χ0) is 20.3. The average Bonchev–Trinajstić information content (AvgIpc) is 2.65. The molecule has 0 saturated carbocycles. The minimum absolute atomic E-state index is 0.00283. The number of para-hydroxylation sites is 1. The quantitative estimate of drug-likeness (QED) is 0.507. The summed E-state index contributed by atoms with van der Waals surface area (Å²) in [6.45, 7) is 3.69. The van der Waals surface area contributed by atoms with Crippen LogP contribution in [-0.4, -0.2) is 22.3 Å². The number of fused-ring (bicyclic) bond motifs is 4. The molecule has 0 amide bonds. The van der Waals surface area contributed by atoms with Crippen molar-refractivity contribution in [3.63, 3.8) is 0 Å². The standard InChI is InChI=1S/C23H19NO5/c1-23(2)11-17(25)13-7-8-18-20(21(13)29-23)14(10-19(26)28-18)15-9-12-5-3-4-6-16(12)24-22(15)27/h3-9,14H,10-11H2,1-2H3,(H,24,27)/t14-/m1/s1. The number of H-pyrrole nitrogens is 1. The molecule has 3 heterocycles. The Bertz CT molecular complexity index is 1250. The molecule has 29 heavy (non-hydrogen) atoms. The maximum atomic E-state index is 12.9. The van der Waals surface area contributed by atoms with Gasteiger partial charge in [0.1, 0.15) is 17.1 Å². The third-order valence-electron chi connectivity index (χ3n) is 5.52. The number of esters is 1. The summed E-state index contributed by atoms with van der Waals surface area (Å²) in [5, 5.41) is 0.865. The number of hydrogen-bond acceptors (Lipinski definition) is 5. The Balaban J connectivity index is 1.77. The molecule has 6 nitrogen and oxygen atoms in total. The van der Waals surface area contributed by atoms with Crippen LogP contribution in [0.5, 0.6) is 11.5 Å². The highest BCUT2D eigenvalue weighted by atomic mass is 16.5. The highest BCUT2D eigenvalue weighted by Gasteiger charge is 2.40. The van der Waals surface area contributed by atoms with E-state index in [-0.39, 0.29) is 24.2 Å². The van der Waals surface area contributed by atoms with Gasteiger partial charge in [-0.1, -0.05) is 18.2 Å². The predicted molar refractivity (Wildman–Crippen MR) is 107 cm³/mol. The summed E-state index contributed by atoms with van der Waals surface area (Å²) < 4.78 is 11.6. The summed E-state index contributed by atoms with van der Waals surface area (Å²) in [5.41, 5.74) is 1.28. The third-order valence-corrected chi connectivity index (χ3v) is 5.52. The maximum absolute atomic E-state index is 12.9. The molecule has 2 aliphatic heterocycles. The number of carbonyl (C=O) groups excluding carboxylic acids is 2. The first-order valence-electron chi connectivity index (χ1n) is 9.54. The van der Waals surface area contributed by atoms with E-state index in [1.54, 1.807) is 18.2 Å². The fraction of sp³-hybridized carbons (Fsp3) is 0.261. The van der Waals surface area contributed by atoms with Crippen LogP contribution in [0.2, 0.25) is 0 Å². The van der Waals surface area contributed by atoms with Gasteiger partial charge in [0.25, 0.3) is 5.56 Å². The lowest BCUT2D eigenvalue weighted by molar-refractivity contribution is -0.135. The normalized spacial score (nSPS) is 19.9. The molecule has 0 spiro atoms. The Labute approximate surface area is 166 Å². The van der Waals surface area contributed by atoms with Crippen LogP contribution in [-0.2, 0) is 4.79 Å². The van der Waals surface area contributed by atoms with Crippen molar-refractivity contribution in [2.45, 2.75) is 38.2 Å². The van der Waals surface area contributed by atoms with Gasteiger partial charge in [0.15, 0.2) is 5.78 Å². The molecule has 0 fully saturated rings. The van der Waals surface area contributed by atoms with Gasteiger partial charge in [-0.05, 0) is 43.5 Å². The van der Waals surface area contributed by atoms with Gasteiger partial charge in [-0.25, -0.2) is 0 Å². The zero-order valence-corrected chi connectivity index (χ0v) is 16.1. The molecular formula is C23H19NO5. The van der Waals surface area contributed by atoms with Crippen molar-refractivity contribution in [2.75, 3.05) is 0 Å². The molecule has 0 unspecified atom stereocenters. The van der Waals surface area contributed by atoms with Crippen molar-refractivity contribution in [3.05, 3.63) is 69.5 Å². The number of benzene rings is 2. The van der Waals surface area contributed by atoms with Gasteiger partial charge in [-0.2, -0.15) is 0 Å². The molecule has 1 atom stereocenters. The number of Topliss-reactive ketones (excluding diaryl/α,β-unsaturated/α-hetero) is 1. The van der Waals surface area contributed by atoms with Crippen LogP contribution >= 0.6 is 0 Å². The van der Waals surface area contributed by atoms with Crippen LogP contribution in [0.25, 0.3) is 10.9 Å². The number of hydrogen-bond donors (Lipinski definition) is 1. The van der Waals surface area contributed by atoms with Crippen LogP contribution in [0.3, 0.4) is 0 Å². The van der Waals surface area contributed by atoms with E-state index < -0.39 is 17.5 Å². The van der Waals surface area contributed by atoms with Crippen molar-refractivity contribution in [3.8, 4) is 11.5 Å². The van der Waals surface area contributed by atoms with Gasteiger partial charge < -0.3 is 14.5 Å². The highest BCUT2D eigenvalue weighted by Crippen LogP contribution is 2.48. The monoisotopic (exact) mass is 389 g/mol. The molecule has 0 radical (unpaired) electrons. The summed E-state index contributed by atoms with van der Waals surface area (Å²) in [6.07, 6.45) is 0.267. The van der Waals surface area contributed by atoms with Gasteiger partial charge in [0.2, 0.25) is 0 Å². The summed E-state index contributed by atoms with van der Waals surface area (Å²) >= 11 is 0. The molecule has 6 heteroatoms. The first-order valence-corrected chi connectivity index (χ1v) is 9.54. The second-order valence-corrected chi connectivity index (χ2v) is 8.19. The van der Waals surface area contributed by atoms with Gasteiger partial charge in [-0.15, -0.1) is 0 Å². The van der Waals surface area contributed by atoms with E-state index in [9.17, 15) is 14.4 Å². The van der Waals surface area contributed by atoms with E-state index in [4.69, 9.17) is 9.47 Å². The Morgan fingerprint density at radius 2 is 1.86 bits per heavy atom. The van der Waals surface area contributed by atoms with Crippen molar-refractivity contribution in [2.24, 2.45) is 0 Å². The van der Waals surface area contributed by atoms with E-state index in [0.29, 0.717) is 28.2 Å². The minimum Gasteiger partial charge on any atom is -0.486 e. The van der Waals surface area contributed by atoms with E-state index in [1.165, 1.54) is 0 Å². The Kier molecular flexibility index (Phi) is 3.68. The number of ether oxygens (including phenoxy) is 2. The largest absolute Gasteiger partial charge is 0.486 e. The topological polar surface area (TPSA) is 85.5 Å². The summed E-state index contributed by atoms with van der Waals surface area (Å²) in [5.74, 6) is -0.258. The Morgan fingerprint density at radius 3 is 2.69 bits per heavy atom. The van der Waals surface area contributed by atoms with Crippen molar-refractivity contribution in [1.82, 2.24) is 4.98 Å². The van der Waals surface area contributed by atoms with Crippen LogP contribution < -0.4 is 15.0 Å². The lowest BCUT2D eigenvalue weighted by Gasteiger charge is -2.36. The molecule has 146 valence electrons. The molecular weight excluding hydrogens is 370 g/mol. The smallest absolute Gasteiger partial charge is 0.312 e. The van der Waals surface area contributed by atoms with Crippen LogP contribution in [0, 0.1) is 0 Å². The molecule has 0 aliphatic carbocycles. The fourth-order valence-corrected chi connectivity index (χ4v) is 4.25. The second kappa shape index (κ2) is 6.04. The Hall–Kier alpha value is -3.41. The van der Waals surface area contributed by atoms with Gasteiger partial charge in [0.05, 0.1) is 18.4 Å². The van der Waals surface area contributed by atoms with Crippen LogP contribution in [0.15, 0.2) is 47.3 Å². The zero-order valence-electron chi connectivity index (χ0n) is 16.1. The number of ketones is 1. The number of carbonyl (C=O) groups is 2. The average molecular weight is 389 g/mol. The molecule has 2 aliphatic rings.